The summed E-state index contributed by atoms with van der Waals surface area (Å²) in [6.07, 6.45) is 0. The smallest absolute Gasteiger partial charge is 0.198 e. The van der Waals surface area contributed by atoms with E-state index in [0.29, 0.717) is 16.4 Å². The van der Waals surface area contributed by atoms with E-state index in [1.54, 1.807) is 18.2 Å². The maximum atomic E-state index is 11.5. The number of anilines is 1. The minimum Gasteiger partial charge on any atom is -0.399 e. The summed E-state index contributed by atoms with van der Waals surface area (Å²) in [4.78, 5) is 6.99. The van der Waals surface area contributed by atoms with E-state index in [1.165, 1.54) is 0 Å². The van der Waals surface area contributed by atoms with Gasteiger partial charge in [0.25, 0.3) is 0 Å². The fourth-order valence-corrected chi connectivity index (χ4v) is 1.92. The molecular weight excluding hydrogens is 212 g/mol. The van der Waals surface area contributed by atoms with Crippen molar-refractivity contribution in [2.75, 3.05) is 11.5 Å². The summed E-state index contributed by atoms with van der Waals surface area (Å²) in [6, 6.07) is 7.02. The van der Waals surface area contributed by atoms with E-state index in [0.717, 1.165) is 5.52 Å². The zero-order valence-corrected chi connectivity index (χ0v) is 8.54. The molecule has 1 atom stereocenters. The van der Waals surface area contributed by atoms with Crippen LogP contribution in [0.1, 0.15) is 0 Å². The summed E-state index contributed by atoms with van der Waals surface area (Å²) in [7, 11) is -1.39. The molecule has 2 rings (SSSR count). The van der Waals surface area contributed by atoms with E-state index < -0.39 is 10.8 Å². The third kappa shape index (κ3) is 1.82. The van der Waals surface area contributed by atoms with Crippen LogP contribution >= 0.6 is 0 Å². The van der Waals surface area contributed by atoms with Crippen LogP contribution < -0.4 is 5.73 Å². The van der Waals surface area contributed by atoms with Crippen molar-refractivity contribution in [1.82, 2.24) is 9.97 Å². The molecule has 0 saturated carbocycles. The first-order valence-electron chi connectivity index (χ1n) is 4.21. The molecule has 0 aliphatic heterocycles. The van der Waals surface area contributed by atoms with Crippen molar-refractivity contribution < 1.29 is 4.21 Å². The van der Waals surface area contributed by atoms with Crippen LogP contribution in [0.3, 0.4) is 0 Å². The Hall–Kier alpha value is -1.87. The summed E-state index contributed by atoms with van der Waals surface area (Å²) in [5, 5.41) is 8.73. The average Bonchev–Trinajstić information content (AvgIpc) is 2.60. The van der Waals surface area contributed by atoms with Crippen molar-refractivity contribution in [1.29, 1.82) is 5.26 Å². The molecule has 1 heterocycles. The molecule has 15 heavy (non-hydrogen) atoms. The third-order valence-corrected chi connectivity index (χ3v) is 2.91. The van der Waals surface area contributed by atoms with E-state index >= 15 is 0 Å². The molecule has 2 aromatic rings. The number of nitrogens with one attached hydrogen (secondary N) is 1. The molecule has 0 aliphatic rings. The molecule has 0 amide bonds. The van der Waals surface area contributed by atoms with Crippen molar-refractivity contribution in [2.24, 2.45) is 0 Å². The van der Waals surface area contributed by atoms with Crippen molar-refractivity contribution in [3.63, 3.8) is 0 Å². The van der Waals surface area contributed by atoms with Gasteiger partial charge >= 0.3 is 0 Å². The normalized spacial score (nSPS) is 12.5. The lowest BCUT2D eigenvalue weighted by Gasteiger charge is -1.89. The van der Waals surface area contributed by atoms with Gasteiger partial charge in [0.2, 0.25) is 0 Å². The molecule has 1 aromatic heterocycles. The first-order chi connectivity index (χ1) is 7.20. The highest BCUT2D eigenvalue weighted by atomic mass is 32.2. The Bertz CT molecular complexity index is 569. The number of aromatic nitrogens is 2. The van der Waals surface area contributed by atoms with Gasteiger partial charge in [-0.15, -0.1) is 0 Å². The van der Waals surface area contributed by atoms with Crippen LogP contribution in [0.25, 0.3) is 11.0 Å². The molecule has 0 spiro atoms. The SMILES string of the molecule is N#CCS(=O)c1nc2ccc(N)cc2[nH]1. The minimum atomic E-state index is -1.39. The van der Waals surface area contributed by atoms with Gasteiger partial charge in [-0.3, -0.25) is 4.21 Å². The van der Waals surface area contributed by atoms with Crippen LogP contribution in [-0.4, -0.2) is 19.9 Å². The van der Waals surface area contributed by atoms with E-state index in [-0.39, 0.29) is 5.75 Å². The highest BCUT2D eigenvalue weighted by molar-refractivity contribution is 7.85. The predicted molar refractivity (Wildman–Crippen MR) is 57.4 cm³/mol. The first kappa shape index (κ1) is 9.68. The summed E-state index contributed by atoms with van der Waals surface area (Å²) in [5.41, 5.74) is 7.64. The summed E-state index contributed by atoms with van der Waals surface area (Å²) in [5.74, 6) is -0.0602. The molecule has 0 bridgehead atoms. The van der Waals surface area contributed by atoms with Crippen LogP contribution in [0.2, 0.25) is 0 Å². The Labute approximate surface area is 88.4 Å². The number of nitriles is 1. The maximum absolute atomic E-state index is 11.5. The van der Waals surface area contributed by atoms with E-state index in [2.05, 4.69) is 9.97 Å². The maximum Gasteiger partial charge on any atom is 0.198 e. The quantitative estimate of drug-likeness (QED) is 0.731. The molecule has 5 nitrogen and oxygen atoms in total. The zero-order valence-electron chi connectivity index (χ0n) is 7.73. The van der Waals surface area contributed by atoms with Crippen molar-refractivity contribution >= 4 is 27.5 Å². The fraction of sp³-hybridized carbons (Fsp3) is 0.111. The number of nitrogens with two attached hydrogens (primary N) is 1. The number of benzene rings is 1. The molecule has 0 aliphatic carbocycles. The van der Waals surface area contributed by atoms with Crippen LogP contribution in [0, 0.1) is 11.3 Å². The number of nitrogens with zero attached hydrogens (tertiary/aromatic N) is 2. The number of H-pyrrole nitrogens is 1. The molecule has 0 saturated heterocycles. The van der Waals surface area contributed by atoms with Crippen molar-refractivity contribution in [3.05, 3.63) is 18.2 Å². The van der Waals surface area contributed by atoms with Gasteiger partial charge in [-0.1, -0.05) is 0 Å². The summed E-state index contributed by atoms with van der Waals surface area (Å²) >= 11 is 0. The fourth-order valence-electron chi connectivity index (χ4n) is 1.24. The molecule has 76 valence electrons. The second-order valence-corrected chi connectivity index (χ2v) is 4.33. The summed E-state index contributed by atoms with van der Waals surface area (Å²) < 4.78 is 11.5. The Morgan fingerprint density at radius 2 is 2.40 bits per heavy atom. The number of nitrogen functional groups attached to an aromatic ring is 1. The Balaban J connectivity index is 2.48. The number of imidazole rings is 1. The van der Waals surface area contributed by atoms with Gasteiger partial charge in [0.05, 0.1) is 17.1 Å². The first-order valence-corrected chi connectivity index (χ1v) is 5.53. The average molecular weight is 220 g/mol. The lowest BCUT2D eigenvalue weighted by molar-refractivity contribution is 0.680. The minimum absolute atomic E-state index is 0.0602. The number of aromatic amines is 1. The Morgan fingerprint density at radius 1 is 1.60 bits per heavy atom. The molecule has 1 unspecified atom stereocenters. The lowest BCUT2D eigenvalue weighted by atomic mass is 10.3. The van der Waals surface area contributed by atoms with Gasteiger partial charge in [0, 0.05) is 5.69 Å². The molecular formula is C9H8N4OS. The van der Waals surface area contributed by atoms with Crippen molar-refractivity contribution in [2.45, 2.75) is 5.16 Å². The second kappa shape index (κ2) is 3.71. The van der Waals surface area contributed by atoms with Gasteiger partial charge < -0.3 is 10.7 Å². The van der Waals surface area contributed by atoms with Crippen LogP contribution in [-0.2, 0) is 10.8 Å². The van der Waals surface area contributed by atoms with Crippen LogP contribution in [0.15, 0.2) is 23.4 Å². The van der Waals surface area contributed by atoms with E-state index in [4.69, 9.17) is 11.0 Å². The standard InChI is InChI=1S/C9H8N4OS/c10-3-4-15(14)9-12-7-2-1-6(11)5-8(7)13-9/h1-2,5H,4,11H2,(H,12,13). The Morgan fingerprint density at radius 3 is 3.13 bits per heavy atom. The second-order valence-electron chi connectivity index (χ2n) is 2.97. The van der Waals surface area contributed by atoms with E-state index in [1.807, 2.05) is 6.07 Å². The number of rotatable bonds is 2. The van der Waals surface area contributed by atoms with E-state index in [9.17, 15) is 4.21 Å². The highest BCUT2D eigenvalue weighted by Crippen LogP contribution is 2.16. The molecule has 6 heteroatoms. The van der Waals surface area contributed by atoms with Gasteiger partial charge in [-0.05, 0) is 18.2 Å². The number of hydrogen-bond acceptors (Lipinski definition) is 4. The Kier molecular flexibility index (Phi) is 2.39. The molecule has 0 fully saturated rings. The van der Waals surface area contributed by atoms with Gasteiger partial charge in [0.15, 0.2) is 5.16 Å². The lowest BCUT2D eigenvalue weighted by Crippen LogP contribution is -1.97. The van der Waals surface area contributed by atoms with Gasteiger partial charge in [-0.2, -0.15) is 5.26 Å². The molecule has 3 N–H and O–H groups in total. The van der Waals surface area contributed by atoms with Crippen LogP contribution in [0.5, 0.6) is 0 Å². The van der Waals surface area contributed by atoms with Gasteiger partial charge in [0.1, 0.15) is 16.6 Å². The van der Waals surface area contributed by atoms with Crippen molar-refractivity contribution in [3.8, 4) is 6.07 Å². The largest absolute Gasteiger partial charge is 0.399 e. The number of fused-ring (bicyclic) bond motifs is 1. The topological polar surface area (TPSA) is 95.6 Å². The molecule has 0 radical (unpaired) electrons. The monoisotopic (exact) mass is 220 g/mol. The van der Waals surface area contributed by atoms with Gasteiger partial charge in [-0.25, -0.2) is 4.98 Å². The zero-order chi connectivity index (χ0) is 10.8. The highest BCUT2D eigenvalue weighted by Gasteiger charge is 2.09. The summed E-state index contributed by atoms with van der Waals surface area (Å²) in [6.45, 7) is 0. The molecule has 1 aromatic carbocycles. The van der Waals surface area contributed by atoms with Crippen LogP contribution in [0.4, 0.5) is 5.69 Å². The number of hydrogen-bond donors (Lipinski definition) is 2. The predicted octanol–water partition coefficient (Wildman–Crippen LogP) is 0.776. The third-order valence-electron chi connectivity index (χ3n) is 1.90.